The SMILES string of the molecule is COc1cccc(C2C(C(=O)Nc3ccccc3)=C(C)Nc3nc(-c4ccc(C(C)(C)C)cc4)nn32)c1OC. The lowest BCUT2D eigenvalue weighted by Gasteiger charge is -2.30. The molecule has 1 aromatic heterocycles. The summed E-state index contributed by atoms with van der Waals surface area (Å²) in [5.74, 6) is 1.94. The first-order valence-corrected chi connectivity index (χ1v) is 12.8. The minimum absolute atomic E-state index is 0.0387. The molecular weight excluding hydrogens is 490 g/mol. The number of anilines is 2. The summed E-state index contributed by atoms with van der Waals surface area (Å²) in [6.45, 7) is 8.42. The molecule has 1 unspecified atom stereocenters. The van der Waals surface area contributed by atoms with Crippen LogP contribution in [0.1, 0.15) is 44.9 Å². The molecule has 8 heteroatoms. The molecule has 8 nitrogen and oxygen atoms in total. The summed E-state index contributed by atoms with van der Waals surface area (Å²) in [6.07, 6.45) is 0. The number of nitrogens with zero attached hydrogens (tertiary/aromatic N) is 3. The Bertz CT molecular complexity index is 1530. The largest absolute Gasteiger partial charge is 0.493 e. The van der Waals surface area contributed by atoms with E-state index in [1.807, 2.05) is 67.6 Å². The Morgan fingerprint density at radius 3 is 2.31 bits per heavy atom. The van der Waals surface area contributed by atoms with Crippen LogP contribution in [0.3, 0.4) is 0 Å². The number of carbonyl (C=O) groups excluding carboxylic acids is 1. The van der Waals surface area contributed by atoms with Crippen molar-refractivity contribution in [3.63, 3.8) is 0 Å². The number of allylic oxidation sites excluding steroid dienone is 1. The number of para-hydroxylation sites is 2. The third-order valence-electron chi connectivity index (χ3n) is 6.87. The Morgan fingerprint density at radius 1 is 0.949 bits per heavy atom. The first kappa shape index (κ1) is 26.0. The van der Waals surface area contributed by atoms with Gasteiger partial charge in [0.05, 0.1) is 19.8 Å². The molecule has 1 aliphatic rings. The van der Waals surface area contributed by atoms with E-state index in [-0.39, 0.29) is 11.3 Å². The number of fused-ring (bicyclic) bond motifs is 1. The van der Waals surface area contributed by atoms with Gasteiger partial charge in [0.2, 0.25) is 5.95 Å². The van der Waals surface area contributed by atoms with Gasteiger partial charge in [-0.2, -0.15) is 4.98 Å². The van der Waals surface area contributed by atoms with Crippen LogP contribution in [0.2, 0.25) is 0 Å². The molecule has 3 aromatic carbocycles. The third kappa shape index (κ3) is 4.97. The maximum absolute atomic E-state index is 13.8. The highest BCUT2D eigenvalue weighted by molar-refractivity contribution is 6.06. The van der Waals surface area contributed by atoms with Crippen LogP contribution >= 0.6 is 0 Å². The van der Waals surface area contributed by atoms with E-state index >= 15 is 0 Å². The van der Waals surface area contributed by atoms with Gasteiger partial charge in [-0.3, -0.25) is 4.79 Å². The Kier molecular flexibility index (Phi) is 6.87. The zero-order valence-corrected chi connectivity index (χ0v) is 23.1. The van der Waals surface area contributed by atoms with Crippen LogP contribution < -0.4 is 20.1 Å². The first-order valence-electron chi connectivity index (χ1n) is 12.8. The van der Waals surface area contributed by atoms with E-state index in [1.54, 1.807) is 18.9 Å². The monoisotopic (exact) mass is 523 g/mol. The smallest absolute Gasteiger partial charge is 0.255 e. The molecule has 0 spiro atoms. The second-order valence-electron chi connectivity index (χ2n) is 10.5. The number of hydrogen-bond acceptors (Lipinski definition) is 6. The van der Waals surface area contributed by atoms with Crippen LogP contribution in [0.4, 0.5) is 11.6 Å². The van der Waals surface area contributed by atoms with E-state index < -0.39 is 6.04 Å². The lowest BCUT2D eigenvalue weighted by Crippen LogP contribution is -2.31. The van der Waals surface area contributed by atoms with E-state index in [0.717, 1.165) is 11.1 Å². The van der Waals surface area contributed by atoms with Crippen molar-refractivity contribution < 1.29 is 14.3 Å². The number of amides is 1. The van der Waals surface area contributed by atoms with Crippen molar-refractivity contribution in [1.29, 1.82) is 0 Å². The highest BCUT2D eigenvalue weighted by Crippen LogP contribution is 2.43. The van der Waals surface area contributed by atoms with Gasteiger partial charge in [0.1, 0.15) is 6.04 Å². The fourth-order valence-electron chi connectivity index (χ4n) is 4.82. The first-order chi connectivity index (χ1) is 18.7. The van der Waals surface area contributed by atoms with Crippen molar-refractivity contribution in [1.82, 2.24) is 14.8 Å². The number of hydrogen-bond donors (Lipinski definition) is 2. The Morgan fingerprint density at radius 2 is 1.67 bits per heavy atom. The summed E-state index contributed by atoms with van der Waals surface area (Å²) in [6, 6.07) is 22.7. The van der Waals surface area contributed by atoms with Crippen LogP contribution in [0.15, 0.2) is 84.1 Å². The summed E-state index contributed by atoms with van der Waals surface area (Å²) < 4.78 is 13.1. The third-order valence-corrected chi connectivity index (χ3v) is 6.87. The lowest BCUT2D eigenvalue weighted by atomic mass is 9.87. The maximum atomic E-state index is 13.8. The molecule has 4 aromatic rings. The van der Waals surface area contributed by atoms with E-state index in [9.17, 15) is 4.79 Å². The fraction of sp³-hybridized carbons (Fsp3) is 0.258. The van der Waals surface area contributed by atoms with E-state index in [0.29, 0.717) is 40.2 Å². The van der Waals surface area contributed by atoms with Crippen molar-refractivity contribution in [3.8, 4) is 22.9 Å². The minimum atomic E-state index is -0.620. The number of ether oxygens (including phenoxy) is 2. The van der Waals surface area contributed by atoms with E-state index in [1.165, 1.54) is 5.56 Å². The van der Waals surface area contributed by atoms with Crippen LogP contribution in [0, 0.1) is 0 Å². The highest BCUT2D eigenvalue weighted by atomic mass is 16.5. The maximum Gasteiger partial charge on any atom is 0.255 e. The van der Waals surface area contributed by atoms with Gasteiger partial charge in [0, 0.05) is 22.5 Å². The van der Waals surface area contributed by atoms with Crippen LogP contribution in [0.5, 0.6) is 11.5 Å². The zero-order chi connectivity index (χ0) is 27.7. The van der Waals surface area contributed by atoms with Crippen molar-refractivity contribution >= 4 is 17.5 Å². The molecule has 2 heterocycles. The summed E-state index contributed by atoms with van der Waals surface area (Å²) in [5.41, 5.74) is 4.75. The van der Waals surface area contributed by atoms with Crippen LogP contribution in [-0.4, -0.2) is 34.9 Å². The second kappa shape index (κ2) is 10.3. The Balaban J connectivity index is 1.63. The summed E-state index contributed by atoms with van der Waals surface area (Å²) >= 11 is 0. The molecule has 0 fully saturated rings. The second-order valence-corrected chi connectivity index (χ2v) is 10.5. The van der Waals surface area contributed by atoms with Gasteiger partial charge in [-0.25, -0.2) is 4.68 Å². The van der Waals surface area contributed by atoms with E-state index in [2.05, 4.69) is 43.5 Å². The zero-order valence-electron chi connectivity index (χ0n) is 23.1. The summed E-state index contributed by atoms with van der Waals surface area (Å²) in [4.78, 5) is 18.6. The minimum Gasteiger partial charge on any atom is -0.493 e. The Hall–Kier alpha value is -4.59. The molecule has 1 atom stereocenters. The molecule has 5 rings (SSSR count). The van der Waals surface area contributed by atoms with Crippen LogP contribution in [-0.2, 0) is 10.2 Å². The number of rotatable bonds is 6. The molecule has 0 saturated carbocycles. The normalized spacial score (nSPS) is 14.9. The summed E-state index contributed by atoms with van der Waals surface area (Å²) in [5, 5.41) is 11.2. The topological polar surface area (TPSA) is 90.3 Å². The fourth-order valence-corrected chi connectivity index (χ4v) is 4.82. The van der Waals surface area contributed by atoms with Crippen molar-refractivity contribution in [2.75, 3.05) is 24.9 Å². The standard InChI is InChI=1S/C31H33N5O3/c1-19-25(29(37)33-22-11-8-7-9-12-22)26(23-13-10-14-24(38-5)27(23)39-6)36-30(32-19)34-28(35-36)20-15-17-21(18-16-20)31(2,3)4/h7-18,26H,1-6H3,(H,33,37)(H,32,34,35). The quantitative estimate of drug-likeness (QED) is 0.313. The molecule has 200 valence electrons. The molecule has 1 aliphatic heterocycles. The van der Waals surface area contributed by atoms with Crippen molar-refractivity contribution in [2.24, 2.45) is 0 Å². The number of nitrogens with one attached hydrogen (secondary N) is 2. The van der Waals surface area contributed by atoms with Gasteiger partial charge >= 0.3 is 0 Å². The molecule has 1 amide bonds. The molecule has 0 radical (unpaired) electrons. The Labute approximate surface area is 228 Å². The predicted octanol–water partition coefficient (Wildman–Crippen LogP) is 6.19. The number of carbonyl (C=O) groups is 1. The van der Waals surface area contributed by atoms with Gasteiger partial charge in [0.15, 0.2) is 17.3 Å². The van der Waals surface area contributed by atoms with Gasteiger partial charge in [-0.05, 0) is 36.1 Å². The highest BCUT2D eigenvalue weighted by Gasteiger charge is 2.37. The lowest BCUT2D eigenvalue weighted by molar-refractivity contribution is -0.113. The average Bonchev–Trinajstić information content (AvgIpc) is 3.35. The van der Waals surface area contributed by atoms with Gasteiger partial charge in [0.25, 0.3) is 5.91 Å². The number of methoxy groups -OCH3 is 2. The summed E-state index contributed by atoms with van der Waals surface area (Å²) in [7, 11) is 3.18. The van der Waals surface area contributed by atoms with Crippen molar-refractivity contribution in [2.45, 2.75) is 39.2 Å². The molecule has 39 heavy (non-hydrogen) atoms. The van der Waals surface area contributed by atoms with Crippen molar-refractivity contribution in [3.05, 3.63) is 95.2 Å². The van der Waals surface area contributed by atoms with Gasteiger partial charge in [-0.15, -0.1) is 5.10 Å². The average molecular weight is 524 g/mol. The molecule has 0 aliphatic carbocycles. The van der Waals surface area contributed by atoms with Crippen LogP contribution in [0.25, 0.3) is 11.4 Å². The van der Waals surface area contributed by atoms with Gasteiger partial charge in [-0.1, -0.05) is 75.4 Å². The molecular formula is C31H33N5O3. The molecule has 0 bridgehead atoms. The predicted molar refractivity (Wildman–Crippen MR) is 153 cm³/mol. The number of aromatic nitrogens is 3. The van der Waals surface area contributed by atoms with E-state index in [4.69, 9.17) is 19.6 Å². The molecule has 2 N–H and O–H groups in total. The van der Waals surface area contributed by atoms with Gasteiger partial charge < -0.3 is 20.1 Å². The number of benzene rings is 3. The molecule has 0 saturated heterocycles.